The Hall–Kier alpha value is -1.73. The maximum absolute atomic E-state index is 11.1. The minimum absolute atomic E-state index is 0.0490. The van der Waals surface area contributed by atoms with E-state index < -0.39 is 10.0 Å². The van der Waals surface area contributed by atoms with Gasteiger partial charge in [-0.3, -0.25) is 0 Å². The van der Waals surface area contributed by atoms with Crippen LogP contribution in [0.2, 0.25) is 0 Å². The van der Waals surface area contributed by atoms with Gasteiger partial charge in [-0.1, -0.05) is 0 Å². The topological polar surface area (TPSA) is 89.2 Å². The number of nitrogens with two attached hydrogens (primary N) is 1. The Morgan fingerprint density at radius 2 is 1.83 bits per heavy atom. The number of primary sulfonamides is 1. The predicted molar refractivity (Wildman–Crippen MR) is 92.0 cm³/mol. The average molecular weight is 334 g/mol. The number of hydrogen-bond acceptors (Lipinski definition) is 5. The zero-order valence-electron chi connectivity index (χ0n) is 13.7. The third-order valence-electron chi connectivity index (χ3n) is 4.47. The van der Waals surface area contributed by atoms with E-state index in [2.05, 4.69) is 40.8 Å². The molecule has 1 aliphatic rings. The van der Waals surface area contributed by atoms with Crippen molar-refractivity contribution in [1.82, 2.24) is 9.97 Å². The summed E-state index contributed by atoms with van der Waals surface area (Å²) in [6, 6.07) is 4.23. The van der Waals surface area contributed by atoms with Crippen molar-refractivity contribution in [2.75, 3.05) is 23.7 Å². The van der Waals surface area contributed by atoms with Crippen molar-refractivity contribution < 1.29 is 8.42 Å². The van der Waals surface area contributed by atoms with E-state index in [1.807, 2.05) is 6.92 Å². The Balaban J connectivity index is 1.83. The first-order valence-electron chi connectivity index (χ1n) is 7.74. The molecule has 0 spiro atoms. The lowest BCUT2D eigenvalue weighted by Gasteiger charge is -2.40. The van der Waals surface area contributed by atoms with Gasteiger partial charge < -0.3 is 4.90 Å². The highest BCUT2D eigenvalue weighted by atomic mass is 32.2. The van der Waals surface area contributed by atoms with Gasteiger partial charge in [-0.25, -0.2) is 23.5 Å². The zero-order chi connectivity index (χ0) is 16.8. The van der Waals surface area contributed by atoms with Crippen LogP contribution in [0.3, 0.4) is 0 Å². The van der Waals surface area contributed by atoms with Crippen molar-refractivity contribution >= 4 is 26.7 Å². The molecule has 7 heteroatoms. The SMILES string of the molecule is Cc1nc(N2CC(CCS(N)(=O)=O)C2)c2cc(C)c(C)cc2n1. The van der Waals surface area contributed by atoms with Gasteiger partial charge in [0.05, 0.1) is 11.3 Å². The van der Waals surface area contributed by atoms with E-state index in [0.717, 1.165) is 35.6 Å². The standard InChI is InChI=1S/C16H22N4O2S/c1-10-6-14-15(7-11(10)2)18-12(3)19-16(14)20-8-13(9-20)4-5-23(17,21)22/h6-7,13H,4-5,8-9H2,1-3H3,(H2,17,21,22). The quantitative estimate of drug-likeness (QED) is 0.918. The summed E-state index contributed by atoms with van der Waals surface area (Å²) in [6.07, 6.45) is 0.607. The number of aromatic nitrogens is 2. The summed E-state index contributed by atoms with van der Waals surface area (Å²) in [4.78, 5) is 11.3. The Labute approximate surface area is 136 Å². The molecule has 0 unspecified atom stereocenters. The van der Waals surface area contributed by atoms with Gasteiger partial charge in [0.1, 0.15) is 11.6 Å². The molecule has 1 fully saturated rings. The average Bonchev–Trinajstić information content (AvgIpc) is 2.37. The number of hydrogen-bond donors (Lipinski definition) is 1. The van der Waals surface area contributed by atoms with Gasteiger partial charge in [0.15, 0.2) is 0 Å². The number of fused-ring (bicyclic) bond motifs is 1. The van der Waals surface area contributed by atoms with Crippen LogP contribution in [0.4, 0.5) is 5.82 Å². The molecule has 2 N–H and O–H groups in total. The number of benzene rings is 1. The molecule has 124 valence electrons. The van der Waals surface area contributed by atoms with Gasteiger partial charge >= 0.3 is 0 Å². The smallest absolute Gasteiger partial charge is 0.209 e. The highest BCUT2D eigenvalue weighted by Gasteiger charge is 2.30. The van der Waals surface area contributed by atoms with Crippen molar-refractivity contribution in [3.8, 4) is 0 Å². The number of aryl methyl sites for hydroxylation is 3. The van der Waals surface area contributed by atoms with Gasteiger partial charge in [0.25, 0.3) is 0 Å². The molecule has 1 aromatic heterocycles. The van der Waals surface area contributed by atoms with Crippen LogP contribution in [-0.4, -0.2) is 37.2 Å². The maximum atomic E-state index is 11.1. The Morgan fingerprint density at radius 3 is 2.48 bits per heavy atom. The number of nitrogens with zero attached hydrogens (tertiary/aromatic N) is 3. The van der Waals surface area contributed by atoms with Crippen molar-refractivity contribution in [3.05, 3.63) is 29.1 Å². The molecule has 2 aromatic rings. The second kappa shape index (κ2) is 5.72. The van der Waals surface area contributed by atoms with Gasteiger partial charge in [0, 0.05) is 18.5 Å². The highest BCUT2D eigenvalue weighted by Crippen LogP contribution is 2.32. The fourth-order valence-corrected chi connectivity index (χ4v) is 3.64. The first-order valence-corrected chi connectivity index (χ1v) is 9.45. The van der Waals surface area contributed by atoms with Crippen molar-refractivity contribution in [3.63, 3.8) is 0 Å². The summed E-state index contributed by atoms with van der Waals surface area (Å²) in [6.45, 7) is 7.70. The van der Waals surface area contributed by atoms with Crippen molar-refractivity contribution in [2.45, 2.75) is 27.2 Å². The van der Waals surface area contributed by atoms with Crippen LogP contribution in [0.25, 0.3) is 10.9 Å². The fourth-order valence-electron chi connectivity index (χ4n) is 2.98. The summed E-state index contributed by atoms with van der Waals surface area (Å²) < 4.78 is 22.1. The molecule has 0 aliphatic carbocycles. The van der Waals surface area contributed by atoms with Crippen LogP contribution in [0, 0.1) is 26.7 Å². The third-order valence-corrected chi connectivity index (χ3v) is 5.27. The molecule has 1 saturated heterocycles. The Kier molecular flexibility index (Phi) is 4.01. The van der Waals surface area contributed by atoms with Gasteiger partial charge in [0.2, 0.25) is 10.0 Å². The lowest BCUT2D eigenvalue weighted by atomic mass is 9.96. The van der Waals surface area contributed by atoms with E-state index in [1.54, 1.807) is 0 Å². The highest BCUT2D eigenvalue weighted by molar-refractivity contribution is 7.89. The van der Waals surface area contributed by atoms with Crippen molar-refractivity contribution in [2.24, 2.45) is 11.1 Å². The summed E-state index contributed by atoms with van der Waals surface area (Å²) >= 11 is 0. The van der Waals surface area contributed by atoms with Crippen LogP contribution in [0.1, 0.15) is 23.4 Å². The first kappa shape index (κ1) is 16.1. The van der Waals surface area contributed by atoms with Gasteiger partial charge in [-0.15, -0.1) is 0 Å². The van der Waals surface area contributed by atoms with Crippen LogP contribution in [0.15, 0.2) is 12.1 Å². The summed E-state index contributed by atoms with van der Waals surface area (Å²) in [7, 11) is -3.37. The van der Waals surface area contributed by atoms with E-state index in [-0.39, 0.29) is 5.75 Å². The molecular formula is C16H22N4O2S. The molecule has 2 heterocycles. The summed E-state index contributed by atoms with van der Waals surface area (Å²) in [5, 5.41) is 6.13. The summed E-state index contributed by atoms with van der Waals surface area (Å²) in [5.41, 5.74) is 3.40. The van der Waals surface area contributed by atoms with Crippen LogP contribution >= 0.6 is 0 Å². The van der Waals surface area contributed by atoms with Gasteiger partial charge in [-0.05, 0) is 56.4 Å². The minimum atomic E-state index is -3.37. The monoisotopic (exact) mass is 334 g/mol. The zero-order valence-corrected chi connectivity index (χ0v) is 14.5. The normalized spacial score (nSPS) is 15.9. The Bertz CT molecular complexity index is 858. The molecule has 1 aromatic carbocycles. The molecule has 3 rings (SSSR count). The number of rotatable bonds is 4. The van der Waals surface area contributed by atoms with E-state index in [0.29, 0.717) is 12.3 Å². The first-order chi connectivity index (χ1) is 10.7. The largest absolute Gasteiger partial charge is 0.355 e. The molecule has 0 radical (unpaired) electrons. The van der Waals surface area contributed by atoms with E-state index in [1.165, 1.54) is 11.1 Å². The van der Waals surface area contributed by atoms with Crippen LogP contribution < -0.4 is 10.0 Å². The number of sulfonamides is 1. The predicted octanol–water partition coefficient (Wildman–Crippen LogP) is 1.67. The molecule has 0 amide bonds. The third kappa shape index (κ3) is 3.45. The van der Waals surface area contributed by atoms with Gasteiger partial charge in [-0.2, -0.15) is 0 Å². The maximum Gasteiger partial charge on any atom is 0.209 e. The van der Waals surface area contributed by atoms with Crippen LogP contribution in [-0.2, 0) is 10.0 Å². The Morgan fingerprint density at radius 1 is 1.17 bits per heavy atom. The van der Waals surface area contributed by atoms with Crippen molar-refractivity contribution in [1.29, 1.82) is 0 Å². The second-order valence-electron chi connectivity index (χ2n) is 6.47. The second-order valence-corrected chi connectivity index (χ2v) is 8.21. The summed E-state index contributed by atoms with van der Waals surface area (Å²) in [5.74, 6) is 2.10. The molecule has 6 nitrogen and oxygen atoms in total. The van der Waals surface area contributed by atoms with E-state index in [4.69, 9.17) is 5.14 Å². The minimum Gasteiger partial charge on any atom is -0.355 e. The molecule has 23 heavy (non-hydrogen) atoms. The lowest BCUT2D eigenvalue weighted by Crippen LogP contribution is -2.48. The molecule has 0 bridgehead atoms. The van der Waals surface area contributed by atoms with E-state index in [9.17, 15) is 8.42 Å². The molecular weight excluding hydrogens is 312 g/mol. The molecule has 1 aliphatic heterocycles. The molecule has 0 atom stereocenters. The molecule has 0 saturated carbocycles. The van der Waals surface area contributed by atoms with E-state index >= 15 is 0 Å². The van der Waals surface area contributed by atoms with Crippen LogP contribution in [0.5, 0.6) is 0 Å². The lowest BCUT2D eigenvalue weighted by molar-refractivity contribution is 0.396. The fraction of sp³-hybridized carbons (Fsp3) is 0.500. The number of anilines is 1.